The Bertz CT molecular complexity index is 1290. The third-order valence-corrected chi connectivity index (χ3v) is 5.93. The number of hydrogen-bond donors (Lipinski definition) is 0. The summed E-state index contributed by atoms with van der Waals surface area (Å²) in [6.07, 6.45) is 7.81. The van der Waals surface area contributed by atoms with Crippen LogP contribution in [0.2, 0.25) is 0 Å². The zero-order chi connectivity index (χ0) is 24.2. The van der Waals surface area contributed by atoms with E-state index in [9.17, 15) is 4.79 Å². The molecule has 1 amide bonds. The lowest BCUT2D eigenvalue weighted by molar-refractivity contribution is 0.0598. The maximum atomic E-state index is 13.5. The largest absolute Gasteiger partial charge is 0.497 e. The first kappa shape index (κ1) is 22.5. The second-order valence-electron chi connectivity index (χ2n) is 8.35. The molecule has 1 atom stereocenters. The molecular formula is C26H26N6O3. The quantitative estimate of drug-likeness (QED) is 0.408. The molecule has 1 aromatic carbocycles. The van der Waals surface area contributed by atoms with Gasteiger partial charge in [-0.1, -0.05) is 0 Å². The van der Waals surface area contributed by atoms with E-state index in [1.807, 2.05) is 48.4 Å². The van der Waals surface area contributed by atoms with E-state index in [1.54, 1.807) is 42.4 Å². The van der Waals surface area contributed by atoms with Gasteiger partial charge < -0.3 is 14.4 Å². The Hall–Kier alpha value is -4.27. The summed E-state index contributed by atoms with van der Waals surface area (Å²) in [5.74, 6) is 3.00. The van der Waals surface area contributed by atoms with Crippen molar-refractivity contribution in [2.24, 2.45) is 0 Å². The summed E-state index contributed by atoms with van der Waals surface area (Å²) in [5.41, 5.74) is 1.30. The molecule has 0 radical (unpaired) electrons. The minimum Gasteiger partial charge on any atom is -0.497 e. The van der Waals surface area contributed by atoms with Crippen molar-refractivity contribution in [1.29, 1.82) is 0 Å². The SMILES string of the molecule is COc1ccc(Oc2cc(C)nc([C@H]3CCCCN3C(=O)c3ccc(-n4cccn4)nc3)n2)cc1. The molecule has 9 nitrogen and oxygen atoms in total. The van der Waals surface area contributed by atoms with Crippen LogP contribution in [-0.2, 0) is 0 Å². The van der Waals surface area contributed by atoms with E-state index < -0.39 is 0 Å². The minimum absolute atomic E-state index is 0.0862. The molecule has 4 heterocycles. The van der Waals surface area contributed by atoms with Crippen molar-refractivity contribution < 1.29 is 14.3 Å². The Balaban J connectivity index is 1.38. The minimum atomic E-state index is -0.236. The lowest BCUT2D eigenvalue weighted by Crippen LogP contribution is -2.39. The Kier molecular flexibility index (Phi) is 6.38. The van der Waals surface area contributed by atoms with Gasteiger partial charge in [0, 0.05) is 36.9 Å². The van der Waals surface area contributed by atoms with Crippen LogP contribution in [0.15, 0.2) is 67.1 Å². The molecule has 9 heteroatoms. The average Bonchev–Trinajstić information content (AvgIpc) is 3.44. The molecule has 1 fully saturated rings. The summed E-state index contributed by atoms with van der Waals surface area (Å²) in [6, 6.07) is 14.3. The molecule has 4 aromatic rings. The van der Waals surface area contributed by atoms with Gasteiger partial charge in [0.15, 0.2) is 11.6 Å². The van der Waals surface area contributed by atoms with Gasteiger partial charge >= 0.3 is 0 Å². The molecule has 178 valence electrons. The highest BCUT2D eigenvalue weighted by molar-refractivity contribution is 5.94. The summed E-state index contributed by atoms with van der Waals surface area (Å²) in [4.78, 5) is 29.1. The van der Waals surface area contributed by atoms with Gasteiger partial charge in [0.2, 0.25) is 5.88 Å². The molecule has 1 aliphatic heterocycles. The molecule has 0 N–H and O–H groups in total. The van der Waals surface area contributed by atoms with Gasteiger partial charge in [0.1, 0.15) is 11.5 Å². The molecule has 3 aromatic heterocycles. The van der Waals surface area contributed by atoms with Crippen LogP contribution >= 0.6 is 0 Å². The van der Waals surface area contributed by atoms with Crippen LogP contribution in [0.1, 0.15) is 47.2 Å². The van der Waals surface area contributed by atoms with E-state index in [2.05, 4.69) is 20.1 Å². The van der Waals surface area contributed by atoms with Crippen LogP contribution < -0.4 is 9.47 Å². The van der Waals surface area contributed by atoms with Gasteiger partial charge in [-0.05, 0) is 68.7 Å². The van der Waals surface area contributed by atoms with Crippen LogP contribution in [0.3, 0.4) is 0 Å². The number of rotatable bonds is 6. The van der Waals surface area contributed by atoms with E-state index >= 15 is 0 Å². The summed E-state index contributed by atoms with van der Waals surface area (Å²) in [7, 11) is 1.62. The van der Waals surface area contributed by atoms with Crippen LogP contribution in [0.4, 0.5) is 0 Å². The lowest BCUT2D eigenvalue weighted by Gasteiger charge is -2.35. The molecule has 0 aliphatic carbocycles. The van der Waals surface area contributed by atoms with E-state index in [0.717, 1.165) is 30.7 Å². The number of likely N-dealkylation sites (tertiary alicyclic amines) is 1. The average molecular weight is 471 g/mol. The zero-order valence-electron chi connectivity index (χ0n) is 19.7. The number of nitrogens with zero attached hydrogens (tertiary/aromatic N) is 6. The second-order valence-corrected chi connectivity index (χ2v) is 8.35. The molecular weight excluding hydrogens is 444 g/mol. The first-order valence-electron chi connectivity index (χ1n) is 11.6. The molecule has 0 unspecified atom stereocenters. The number of ether oxygens (including phenoxy) is 2. The predicted molar refractivity (Wildman–Crippen MR) is 129 cm³/mol. The van der Waals surface area contributed by atoms with E-state index in [0.29, 0.717) is 35.4 Å². The summed E-state index contributed by atoms with van der Waals surface area (Å²) < 4.78 is 12.9. The summed E-state index contributed by atoms with van der Waals surface area (Å²) >= 11 is 0. The highest BCUT2D eigenvalue weighted by Crippen LogP contribution is 2.32. The third-order valence-electron chi connectivity index (χ3n) is 5.93. The van der Waals surface area contributed by atoms with Gasteiger partial charge in [-0.3, -0.25) is 4.79 Å². The van der Waals surface area contributed by atoms with E-state index in [-0.39, 0.29) is 11.9 Å². The highest BCUT2D eigenvalue weighted by Gasteiger charge is 2.31. The summed E-state index contributed by atoms with van der Waals surface area (Å²) in [6.45, 7) is 2.54. The fraction of sp³-hybridized carbons (Fsp3) is 0.269. The first-order valence-corrected chi connectivity index (χ1v) is 11.6. The van der Waals surface area contributed by atoms with Crippen molar-refractivity contribution in [2.45, 2.75) is 32.2 Å². The van der Waals surface area contributed by atoms with Crippen LogP contribution in [0.25, 0.3) is 5.82 Å². The number of aromatic nitrogens is 5. The van der Waals surface area contributed by atoms with Gasteiger partial charge in [0.05, 0.1) is 18.7 Å². The van der Waals surface area contributed by atoms with Crippen molar-refractivity contribution in [2.75, 3.05) is 13.7 Å². The number of piperidine rings is 1. The fourth-order valence-electron chi connectivity index (χ4n) is 4.19. The number of amides is 1. The number of benzene rings is 1. The lowest BCUT2D eigenvalue weighted by atomic mass is 10.00. The van der Waals surface area contributed by atoms with Gasteiger partial charge in [-0.2, -0.15) is 10.1 Å². The normalized spacial score (nSPS) is 15.6. The van der Waals surface area contributed by atoms with Crippen molar-refractivity contribution in [3.05, 3.63) is 84.2 Å². The molecule has 0 spiro atoms. The standard InChI is InChI=1S/C26H26N6O3/c1-18-16-24(35-21-10-8-20(34-2)9-11-21)30-25(29-18)22-6-3-4-14-31(22)26(33)19-7-12-23(27-17-19)32-15-5-13-28-32/h5,7-13,15-17,22H,3-4,6,14H2,1-2H3/t22-/m1/s1. The maximum Gasteiger partial charge on any atom is 0.256 e. The first-order chi connectivity index (χ1) is 17.1. The molecule has 35 heavy (non-hydrogen) atoms. The third kappa shape index (κ3) is 4.98. The topological polar surface area (TPSA) is 95.3 Å². The predicted octanol–water partition coefficient (Wildman–Crippen LogP) is 4.53. The van der Waals surface area contributed by atoms with Crippen LogP contribution in [0.5, 0.6) is 17.4 Å². The molecule has 0 saturated carbocycles. The van der Waals surface area contributed by atoms with Gasteiger partial charge in [-0.15, -0.1) is 0 Å². The number of carbonyl (C=O) groups is 1. The monoisotopic (exact) mass is 470 g/mol. The zero-order valence-corrected chi connectivity index (χ0v) is 19.7. The number of carbonyl (C=O) groups excluding carboxylic acids is 1. The number of hydrogen-bond acceptors (Lipinski definition) is 7. The maximum absolute atomic E-state index is 13.5. The number of methoxy groups -OCH3 is 1. The van der Waals surface area contributed by atoms with E-state index in [1.165, 1.54) is 0 Å². The molecule has 5 rings (SSSR count). The highest BCUT2D eigenvalue weighted by atomic mass is 16.5. The Morgan fingerprint density at radius 1 is 1.06 bits per heavy atom. The van der Waals surface area contributed by atoms with Crippen LogP contribution in [0, 0.1) is 6.92 Å². The second kappa shape index (κ2) is 9.92. The fourth-order valence-corrected chi connectivity index (χ4v) is 4.19. The summed E-state index contributed by atoms with van der Waals surface area (Å²) in [5, 5.41) is 4.18. The van der Waals surface area contributed by atoms with Crippen molar-refractivity contribution in [3.8, 4) is 23.2 Å². The Morgan fingerprint density at radius 2 is 1.89 bits per heavy atom. The van der Waals surface area contributed by atoms with Crippen molar-refractivity contribution in [1.82, 2.24) is 29.6 Å². The molecule has 1 saturated heterocycles. The molecule has 0 bridgehead atoms. The smallest absolute Gasteiger partial charge is 0.256 e. The molecule has 1 aliphatic rings. The van der Waals surface area contributed by atoms with Crippen molar-refractivity contribution >= 4 is 5.91 Å². The van der Waals surface area contributed by atoms with Crippen LogP contribution in [-0.4, -0.2) is 49.2 Å². The van der Waals surface area contributed by atoms with Crippen molar-refractivity contribution in [3.63, 3.8) is 0 Å². The van der Waals surface area contributed by atoms with Gasteiger partial charge in [-0.25, -0.2) is 14.6 Å². The Labute approximate surface area is 203 Å². The van der Waals surface area contributed by atoms with E-state index in [4.69, 9.17) is 9.47 Å². The number of aryl methyl sites for hydroxylation is 1. The number of pyridine rings is 1. The van der Waals surface area contributed by atoms with Gasteiger partial charge in [0.25, 0.3) is 5.91 Å². The Morgan fingerprint density at radius 3 is 2.60 bits per heavy atom.